The van der Waals surface area contributed by atoms with Crippen LogP contribution in [0.1, 0.15) is 31.5 Å². The number of halogens is 1. The molecule has 1 saturated heterocycles. The molecular weight excluding hydrogens is 300 g/mol. The van der Waals surface area contributed by atoms with Gasteiger partial charge >= 0.3 is 0 Å². The van der Waals surface area contributed by atoms with E-state index >= 15 is 0 Å². The molecule has 6 nitrogen and oxygen atoms in total. The molecule has 1 aromatic rings. The molecule has 0 radical (unpaired) electrons. The quantitative estimate of drug-likeness (QED) is 0.872. The van der Waals surface area contributed by atoms with Gasteiger partial charge in [-0.3, -0.25) is 0 Å². The van der Waals surface area contributed by atoms with Crippen LogP contribution in [-0.2, 0) is 23.0 Å². The van der Waals surface area contributed by atoms with E-state index in [2.05, 4.69) is 4.98 Å². The number of aryl methyl sites for hydroxylation is 2. The minimum Gasteiger partial charge on any atom is -0.333 e. The molecule has 1 unspecified atom stereocenters. The van der Waals surface area contributed by atoms with Crippen molar-refractivity contribution in [2.75, 3.05) is 13.1 Å². The molecule has 0 aromatic carbocycles. The first-order valence-electron chi connectivity index (χ1n) is 6.89. The average molecular weight is 321 g/mol. The Morgan fingerprint density at radius 2 is 2.05 bits per heavy atom. The summed E-state index contributed by atoms with van der Waals surface area (Å²) in [6.07, 6.45) is 6.46. The summed E-state index contributed by atoms with van der Waals surface area (Å²) in [7, 11) is -3.47. The first-order chi connectivity index (χ1) is 9.07. The van der Waals surface area contributed by atoms with Gasteiger partial charge in [0, 0.05) is 38.3 Å². The number of fused-ring (bicyclic) bond motifs is 1. The van der Waals surface area contributed by atoms with Gasteiger partial charge in [-0.25, -0.2) is 13.4 Å². The van der Waals surface area contributed by atoms with E-state index in [1.165, 1.54) is 4.31 Å². The van der Waals surface area contributed by atoms with Crippen molar-refractivity contribution in [1.29, 1.82) is 0 Å². The molecule has 0 spiro atoms. The topological polar surface area (TPSA) is 81.2 Å². The number of hydrogen-bond donors (Lipinski definition) is 1. The number of piperidine rings is 1. The van der Waals surface area contributed by atoms with Crippen LogP contribution >= 0.6 is 12.4 Å². The molecule has 1 aromatic heterocycles. The molecule has 1 atom stereocenters. The third-order valence-electron chi connectivity index (χ3n) is 3.91. The maximum atomic E-state index is 12.5. The van der Waals surface area contributed by atoms with E-state index in [-0.39, 0.29) is 23.5 Å². The normalized spacial score (nSPS) is 23.9. The number of hydrogen-bond acceptors (Lipinski definition) is 4. The molecule has 0 bridgehead atoms. The maximum Gasteiger partial charge on any atom is 0.262 e. The Hall–Kier alpha value is -0.630. The Labute approximate surface area is 125 Å². The molecule has 2 aliphatic heterocycles. The third-order valence-corrected chi connectivity index (χ3v) is 5.65. The molecule has 114 valence electrons. The summed E-state index contributed by atoms with van der Waals surface area (Å²) >= 11 is 0. The van der Waals surface area contributed by atoms with Gasteiger partial charge in [0.15, 0.2) is 5.03 Å². The zero-order valence-corrected chi connectivity index (χ0v) is 13.0. The Morgan fingerprint density at radius 3 is 2.75 bits per heavy atom. The van der Waals surface area contributed by atoms with Crippen molar-refractivity contribution in [3.63, 3.8) is 0 Å². The highest BCUT2D eigenvalue weighted by atomic mass is 35.5. The second kappa shape index (κ2) is 6.01. The second-order valence-electron chi connectivity index (χ2n) is 5.41. The monoisotopic (exact) mass is 320 g/mol. The van der Waals surface area contributed by atoms with Crippen molar-refractivity contribution in [2.45, 2.75) is 49.7 Å². The second-order valence-corrected chi connectivity index (χ2v) is 7.30. The third kappa shape index (κ3) is 2.86. The van der Waals surface area contributed by atoms with Crippen molar-refractivity contribution in [3.05, 3.63) is 12.0 Å². The van der Waals surface area contributed by atoms with Crippen LogP contribution in [0, 0.1) is 0 Å². The van der Waals surface area contributed by atoms with E-state index in [4.69, 9.17) is 5.73 Å². The van der Waals surface area contributed by atoms with Gasteiger partial charge < -0.3 is 10.3 Å². The first-order valence-corrected chi connectivity index (χ1v) is 8.33. The number of nitrogens with two attached hydrogens (primary N) is 1. The highest BCUT2D eigenvalue weighted by Crippen LogP contribution is 2.22. The van der Waals surface area contributed by atoms with Crippen LogP contribution in [0.2, 0.25) is 0 Å². The smallest absolute Gasteiger partial charge is 0.262 e. The highest BCUT2D eigenvalue weighted by molar-refractivity contribution is 7.89. The lowest BCUT2D eigenvalue weighted by atomic mass is 10.1. The standard InChI is InChI=1S/C12H20N4O2S.ClH/c13-10-4-3-7-16(8-10)19(17,18)12-9-15-6-2-1-5-11(15)14-12;/h9-10H,1-8,13H2;1H. The van der Waals surface area contributed by atoms with Gasteiger partial charge in [-0.2, -0.15) is 4.31 Å². The Balaban J connectivity index is 0.00000147. The molecular formula is C12H21ClN4O2S. The molecule has 3 heterocycles. The van der Waals surface area contributed by atoms with Crippen molar-refractivity contribution in [3.8, 4) is 0 Å². The number of sulfonamides is 1. The fraction of sp³-hybridized carbons (Fsp3) is 0.750. The summed E-state index contributed by atoms with van der Waals surface area (Å²) in [4.78, 5) is 4.32. The van der Waals surface area contributed by atoms with Crippen molar-refractivity contribution in [1.82, 2.24) is 13.9 Å². The van der Waals surface area contributed by atoms with Gasteiger partial charge in [0.05, 0.1) is 0 Å². The predicted octanol–water partition coefficient (Wildman–Crippen LogP) is 0.753. The average Bonchev–Trinajstić information content (AvgIpc) is 2.83. The first kappa shape index (κ1) is 15.8. The lowest BCUT2D eigenvalue weighted by molar-refractivity contribution is 0.315. The van der Waals surface area contributed by atoms with Crippen molar-refractivity contribution < 1.29 is 8.42 Å². The summed E-state index contributed by atoms with van der Waals surface area (Å²) in [6, 6.07) is -0.0548. The zero-order valence-electron chi connectivity index (χ0n) is 11.4. The Morgan fingerprint density at radius 1 is 1.25 bits per heavy atom. The van der Waals surface area contributed by atoms with Gasteiger partial charge in [-0.1, -0.05) is 0 Å². The summed E-state index contributed by atoms with van der Waals surface area (Å²) < 4.78 is 28.5. The molecule has 2 aliphatic rings. The van der Waals surface area contributed by atoms with Crippen LogP contribution in [-0.4, -0.2) is 41.4 Å². The predicted molar refractivity (Wildman–Crippen MR) is 78.4 cm³/mol. The van der Waals surface area contributed by atoms with E-state index < -0.39 is 10.0 Å². The summed E-state index contributed by atoms with van der Waals surface area (Å²) in [5.74, 6) is 0.895. The Bertz CT molecular complexity index is 549. The zero-order chi connectivity index (χ0) is 13.5. The molecule has 2 N–H and O–H groups in total. The summed E-state index contributed by atoms with van der Waals surface area (Å²) in [6.45, 7) is 1.83. The number of nitrogens with zero attached hydrogens (tertiary/aromatic N) is 3. The molecule has 1 fully saturated rings. The number of imidazole rings is 1. The number of aromatic nitrogens is 2. The fourth-order valence-electron chi connectivity index (χ4n) is 2.84. The van der Waals surface area contributed by atoms with Crippen LogP contribution in [0.15, 0.2) is 11.2 Å². The van der Waals surface area contributed by atoms with Crippen LogP contribution < -0.4 is 5.73 Å². The van der Waals surface area contributed by atoms with Gasteiger partial charge in [-0.05, 0) is 25.7 Å². The van der Waals surface area contributed by atoms with E-state index in [1.54, 1.807) is 6.20 Å². The van der Waals surface area contributed by atoms with E-state index in [0.717, 1.165) is 44.5 Å². The largest absolute Gasteiger partial charge is 0.333 e. The lowest BCUT2D eigenvalue weighted by Crippen LogP contribution is -2.45. The highest BCUT2D eigenvalue weighted by Gasteiger charge is 2.31. The molecule has 20 heavy (non-hydrogen) atoms. The van der Waals surface area contributed by atoms with E-state index in [1.807, 2.05) is 4.57 Å². The molecule has 3 rings (SSSR count). The van der Waals surface area contributed by atoms with Crippen molar-refractivity contribution in [2.24, 2.45) is 5.73 Å². The minimum absolute atomic E-state index is 0. The van der Waals surface area contributed by atoms with Gasteiger partial charge in [0.1, 0.15) is 5.82 Å². The van der Waals surface area contributed by atoms with Gasteiger partial charge in [0.25, 0.3) is 10.0 Å². The van der Waals surface area contributed by atoms with Crippen LogP contribution in [0.5, 0.6) is 0 Å². The van der Waals surface area contributed by atoms with E-state index in [0.29, 0.717) is 13.1 Å². The SMILES string of the molecule is Cl.NC1CCCN(S(=O)(=O)c2cn3c(n2)CCCC3)C1. The van der Waals surface area contributed by atoms with E-state index in [9.17, 15) is 8.42 Å². The fourth-order valence-corrected chi connectivity index (χ4v) is 4.34. The molecule has 8 heteroatoms. The summed E-state index contributed by atoms with van der Waals surface area (Å²) in [5, 5.41) is 0.193. The molecule has 0 aliphatic carbocycles. The molecule has 0 saturated carbocycles. The maximum absolute atomic E-state index is 12.5. The van der Waals surface area contributed by atoms with Crippen LogP contribution in [0.25, 0.3) is 0 Å². The van der Waals surface area contributed by atoms with Gasteiger partial charge in [-0.15, -0.1) is 12.4 Å². The van der Waals surface area contributed by atoms with Gasteiger partial charge in [0.2, 0.25) is 0 Å². The van der Waals surface area contributed by atoms with Crippen LogP contribution in [0.3, 0.4) is 0 Å². The minimum atomic E-state index is -3.47. The van der Waals surface area contributed by atoms with Crippen molar-refractivity contribution >= 4 is 22.4 Å². The lowest BCUT2D eigenvalue weighted by Gasteiger charge is -2.29. The van der Waals surface area contributed by atoms with Crippen LogP contribution in [0.4, 0.5) is 0 Å². The Kier molecular flexibility index (Phi) is 4.73. The summed E-state index contributed by atoms with van der Waals surface area (Å²) in [5.41, 5.74) is 5.87. The number of rotatable bonds is 2. The molecule has 0 amide bonds.